The van der Waals surface area contributed by atoms with Crippen LogP contribution >= 0.6 is 11.6 Å². The molecule has 1 atom stereocenters. The van der Waals surface area contributed by atoms with Gasteiger partial charge in [-0.1, -0.05) is 24.1 Å². The molecule has 2 aromatic rings. The van der Waals surface area contributed by atoms with E-state index in [1.54, 1.807) is 12.1 Å². The lowest BCUT2D eigenvalue weighted by atomic mass is 9.84. The second-order valence-corrected chi connectivity index (χ2v) is 6.67. The van der Waals surface area contributed by atoms with E-state index in [0.717, 1.165) is 44.3 Å². The van der Waals surface area contributed by atoms with Gasteiger partial charge in [-0.3, -0.25) is 4.79 Å². The van der Waals surface area contributed by atoms with Crippen LogP contribution in [0.3, 0.4) is 0 Å². The number of likely N-dealkylation sites (tertiary alicyclic amines) is 1. The molecule has 0 N–H and O–H groups in total. The van der Waals surface area contributed by atoms with Crippen LogP contribution in [0, 0.1) is 5.92 Å². The second-order valence-electron chi connectivity index (χ2n) is 6.23. The molecule has 1 saturated carbocycles. The molecule has 6 nitrogen and oxygen atoms in total. The minimum absolute atomic E-state index is 0.0453. The van der Waals surface area contributed by atoms with E-state index in [1.807, 2.05) is 17.0 Å². The van der Waals surface area contributed by atoms with Gasteiger partial charge in [-0.2, -0.15) is 0 Å². The van der Waals surface area contributed by atoms with Gasteiger partial charge in [-0.15, -0.1) is 15.0 Å². The summed E-state index contributed by atoms with van der Waals surface area (Å²) in [5.74, 6) is 1.09. The Bertz CT molecular complexity index is 727. The summed E-state index contributed by atoms with van der Waals surface area (Å²) in [6.45, 7) is 0.797. The first-order valence-corrected chi connectivity index (χ1v) is 8.46. The molecule has 1 aromatic heterocycles. The topological polar surface area (TPSA) is 63.9 Å². The quantitative estimate of drug-likeness (QED) is 0.867. The third-order valence-electron chi connectivity index (χ3n) is 4.76. The molecule has 1 aliphatic carbocycles. The number of halogens is 1. The monoisotopic (exact) mass is 331 g/mol. The van der Waals surface area contributed by atoms with Crippen LogP contribution in [0.15, 0.2) is 24.3 Å². The van der Waals surface area contributed by atoms with E-state index < -0.39 is 0 Å². The number of rotatable bonds is 3. The molecular formula is C16H18ClN5O. The van der Waals surface area contributed by atoms with E-state index in [9.17, 15) is 4.79 Å². The first kappa shape index (κ1) is 14.6. The van der Waals surface area contributed by atoms with E-state index in [1.165, 1.54) is 4.80 Å². The highest BCUT2D eigenvalue weighted by molar-refractivity contribution is 6.30. The zero-order valence-electron chi connectivity index (χ0n) is 12.7. The van der Waals surface area contributed by atoms with Crippen LogP contribution in [0.4, 0.5) is 0 Å². The highest BCUT2D eigenvalue weighted by Gasteiger charge is 2.38. The fraction of sp³-hybridized carbons (Fsp3) is 0.500. The van der Waals surface area contributed by atoms with Gasteiger partial charge >= 0.3 is 0 Å². The number of hydrogen-bond acceptors (Lipinski definition) is 4. The zero-order chi connectivity index (χ0) is 15.8. The van der Waals surface area contributed by atoms with Gasteiger partial charge in [0.1, 0.15) is 0 Å². The van der Waals surface area contributed by atoms with Gasteiger partial charge in [0.25, 0.3) is 0 Å². The SMILES string of the molecule is O=C(C1CCC1)N1CCCC1c1nnn(-c2cccc(Cl)c2)n1. The molecule has 2 heterocycles. The average molecular weight is 332 g/mol. The Kier molecular flexibility index (Phi) is 3.77. The maximum Gasteiger partial charge on any atom is 0.226 e. The molecule has 1 aliphatic heterocycles. The summed E-state index contributed by atoms with van der Waals surface area (Å²) >= 11 is 6.01. The zero-order valence-corrected chi connectivity index (χ0v) is 13.5. The molecule has 1 unspecified atom stereocenters. The molecular weight excluding hydrogens is 314 g/mol. The van der Waals surface area contributed by atoms with Crippen molar-refractivity contribution in [2.45, 2.75) is 38.1 Å². The van der Waals surface area contributed by atoms with Crippen molar-refractivity contribution >= 4 is 17.5 Å². The smallest absolute Gasteiger partial charge is 0.226 e. The number of carbonyl (C=O) groups is 1. The summed E-state index contributed by atoms with van der Waals surface area (Å²) in [6.07, 6.45) is 5.10. The molecule has 23 heavy (non-hydrogen) atoms. The molecule has 1 amide bonds. The Morgan fingerprint density at radius 2 is 2.09 bits per heavy atom. The van der Waals surface area contributed by atoms with E-state index in [-0.39, 0.29) is 17.9 Å². The largest absolute Gasteiger partial charge is 0.332 e. The summed E-state index contributed by atoms with van der Waals surface area (Å²) in [5.41, 5.74) is 0.770. The van der Waals surface area contributed by atoms with Crippen molar-refractivity contribution < 1.29 is 4.79 Å². The van der Waals surface area contributed by atoms with Gasteiger partial charge in [0.05, 0.1) is 11.7 Å². The third kappa shape index (κ3) is 2.72. The molecule has 7 heteroatoms. The van der Waals surface area contributed by atoms with Crippen LogP contribution in [0.25, 0.3) is 5.69 Å². The van der Waals surface area contributed by atoms with Crippen molar-refractivity contribution in [3.63, 3.8) is 0 Å². The second kappa shape index (κ2) is 5.92. The predicted molar refractivity (Wildman–Crippen MR) is 85.2 cm³/mol. The van der Waals surface area contributed by atoms with Gasteiger partial charge in [0.15, 0.2) is 5.82 Å². The van der Waals surface area contributed by atoms with Gasteiger partial charge in [-0.25, -0.2) is 0 Å². The van der Waals surface area contributed by atoms with Crippen molar-refractivity contribution in [2.75, 3.05) is 6.54 Å². The van der Waals surface area contributed by atoms with Gasteiger partial charge in [0, 0.05) is 17.5 Å². The van der Waals surface area contributed by atoms with Crippen molar-refractivity contribution in [2.24, 2.45) is 5.92 Å². The first-order valence-electron chi connectivity index (χ1n) is 8.09. The molecule has 0 bridgehead atoms. The number of tetrazole rings is 1. The van der Waals surface area contributed by atoms with Crippen LogP contribution in [0.5, 0.6) is 0 Å². The summed E-state index contributed by atoms with van der Waals surface area (Å²) < 4.78 is 0. The normalized spacial score (nSPS) is 21.4. The fourth-order valence-corrected chi connectivity index (χ4v) is 3.44. The highest BCUT2D eigenvalue weighted by Crippen LogP contribution is 2.35. The third-order valence-corrected chi connectivity index (χ3v) is 4.99. The van der Waals surface area contributed by atoms with Crippen LogP contribution < -0.4 is 0 Å². The van der Waals surface area contributed by atoms with Crippen LogP contribution in [0.2, 0.25) is 5.02 Å². The number of hydrogen-bond donors (Lipinski definition) is 0. The molecule has 2 fully saturated rings. The van der Waals surface area contributed by atoms with Crippen LogP contribution in [-0.2, 0) is 4.79 Å². The number of carbonyl (C=O) groups excluding carboxylic acids is 1. The summed E-state index contributed by atoms with van der Waals surface area (Å²) in [4.78, 5) is 16.0. The number of amides is 1. The lowest BCUT2D eigenvalue weighted by Gasteiger charge is -2.31. The summed E-state index contributed by atoms with van der Waals surface area (Å²) in [6, 6.07) is 7.28. The summed E-state index contributed by atoms with van der Waals surface area (Å²) in [5, 5.41) is 13.4. The lowest BCUT2D eigenvalue weighted by Crippen LogP contribution is -2.38. The Hall–Kier alpha value is -1.95. The van der Waals surface area contributed by atoms with E-state index in [0.29, 0.717) is 10.8 Å². The molecule has 0 radical (unpaired) electrons. The minimum Gasteiger partial charge on any atom is -0.332 e. The van der Waals surface area contributed by atoms with Gasteiger partial charge in [0.2, 0.25) is 5.91 Å². The van der Waals surface area contributed by atoms with Crippen LogP contribution in [0.1, 0.15) is 44.0 Å². The first-order chi connectivity index (χ1) is 11.2. The molecule has 2 aliphatic rings. The standard InChI is InChI=1S/C16H18ClN5O/c17-12-6-2-7-13(10-12)22-19-15(18-20-22)14-8-3-9-21(14)16(23)11-4-1-5-11/h2,6-7,10-11,14H,1,3-5,8-9H2. The lowest BCUT2D eigenvalue weighted by molar-refractivity contribution is -0.139. The maximum atomic E-state index is 12.6. The molecule has 120 valence electrons. The van der Waals surface area contributed by atoms with Crippen molar-refractivity contribution in [1.82, 2.24) is 25.1 Å². The fourth-order valence-electron chi connectivity index (χ4n) is 3.26. The number of aromatic nitrogens is 4. The highest BCUT2D eigenvalue weighted by atomic mass is 35.5. The summed E-state index contributed by atoms with van der Waals surface area (Å²) in [7, 11) is 0. The molecule has 0 spiro atoms. The molecule has 4 rings (SSSR count). The van der Waals surface area contributed by atoms with Gasteiger partial charge < -0.3 is 4.90 Å². The molecule has 1 saturated heterocycles. The van der Waals surface area contributed by atoms with E-state index in [4.69, 9.17) is 11.6 Å². The number of nitrogens with zero attached hydrogens (tertiary/aromatic N) is 5. The Morgan fingerprint density at radius 1 is 1.22 bits per heavy atom. The van der Waals surface area contributed by atoms with E-state index >= 15 is 0 Å². The number of benzene rings is 1. The maximum absolute atomic E-state index is 12.6. The van der Waals surface area contributed by atoms with Crippen LogP contribution in [-0.4, -0.2) is 37.6 Å². The van der Waals surface area contributed by atoms with Crippen molar-refractivity contribution in [1.29, 1.82) is 0 Å². The Morgan fingerprint density at radius 3 is 2.83 bits per heavy atom. The minimum atomic E-state index is -0.0453. The van der Waals surface area contributed by atoms with Gasteiger partial charge in [-0.05, 0) is 49.1 Å². The predicted octanol–water partition coefficient (Wildman–Crippen LogP) is 2.78. The van der Waals surface area contributed by atoms with E-state index in [2.05, 4.69) is 15.4 Å². The Labute approximate surface area is 139 Å². The van der Waals surface area contributed by atoms with Crippen molar-refractivity contribution in [3.05, 3.63) is 35.1 Å². The average Bonchev–Trinajstić information content (AvgIpc) is 3.14. The Balaban J connectivity index is 1.56. The molecule has 1 aromatic carbocycles. The van der Waals surface area contributed by atoms with Crippen molar-refractivity contribution in [3.8, 4) is 5.69 Å².